The Morgan fingerprint density at radius 3 is 2.44 bits per heavy atom. The summed E-state index contributed by atoms with van der Waals surface area (Å²) in [6.45, 7) is 7.08. The third-order valence-corrected chi connectivity index (χ3v) is 4.57. The van der Waals surface area contributed by atoms with Crippen LogP contribution in [0.15, 0.2) is 18.2 Å². The summed E-state index contributed by atoms with van der Waals surface area (Å²) in [6, 6.07) is 5.49. The highest BCUT2D eigenvalue weighted by Gasteiger charge is 2.25. The molecule has 2 N–H and O–H groups in total. The molecule has 5 heteroatoms. The lowest BCUT2D eigenvalue weighted by Gasteiger charge is -2.22. The molecule has 0 aliphatic rings. The summed E-state index contributed by atoms with van der Waals surface area (Å²) in [5, 5.41) is 9.13. The van der Waals surface area contributed by atoms with Crippen molar-refractivity contribution in [2.75, 3.05) is 17.1 Å². The summed E-state index contributed by atoms with van der Waals surface area (Å²) in [5.41, 5.74) is 1.91. The minimum atomic E-state index is -3.45. The predicted molar refractivity (Wildman–Crippen MR) is 74.2 cm³/mol. The van der Waals surface area contributed by atoms with E-state index in [2.05, 4.69) is 4.72 Å². The van der Waals surface area contributed by atoms with Crippen LogP contribution in [0.4, 0.5) is 5.69 Å². The van der Waals surface area contributed by atoms with Gasteiger partial charge >= 0.3 is 0 Å². The van der Waals surface area contributed by atoms with Gasteiger partial charge in [0.15, 0.2) is 0 Å². The van der Waals surface area contributed by atoms with Crippen molar-refractivity contribution in [3.8, 4) is 0 Å². The monoisotopic (exact) mass is 271 g/mol. The second-order valence-electron chi connectivity index (χ2n) is 5.43. The van der Waals surface area contributed by atoms with Crippen LogP contribution in [0.1, 0.15) is 25.0 Å². The van der Waals surface area contributed by atoms with E-state index in [1.165, 1.54) is 0 Å². The molecule has 1 aromatic rings. The van der Waals surface area contributed by atoms with Gasteiger partial charge in [-0.2, -0.15) is 0 Å². The number of hydrogen-bond donors (Lipinski definition) is 2. The number of anilines is 1. The van der Waals surface area contributed by atoms with Crippen molar-refractivity contribution in [1.29, 1.82) is 0 Å². The summed E-state index contributed by atoms with van der Waals surface area (Å²) in [6.07, 6.45) is 0. The van der Waals surface area contributed by atoms with Gasteiger partial charge in [-0.05, 0) is 31.0 Å². The zero-order valence-corrected chi connectivity index (χ0v) is 12.1. The molecule has 0 aliphatic heterocycles. The van der Waals surface area contributed by atoms with E-state index >= 15 is 0 Å². The van der Waals surface area contributed by atoms with Gasteiger partial charge in [0, 0.05) is 12.0 Å². The highest BCUT2D eigenvalue weighted by Crippen LogP contribution is 2.22. The number of rotatable bonds is 5. The smallest absolute Gasteiger partial charge is 0.233 e. The largest absolute Gasteiger partial charge is 0.396 e. The minimum Gasteiger partial charge on any atom is -0.396 e. The van der Waals surface area contributed by atoms with Crippen molar-refractivity contribution in [2.45, 2.75) is 27.7 Å². The Balaban J connectivity index is 2.93. The van der Waals surface area contributed by atoms with Crippen LogP contribution < -0.4 is 4.72 Å². The molecule has 0 heterocycles. The SMILES string of the molecule is Cc1cccc(NS(=O)(=O)CC(C)(C)CO)c1C. The Labute approximate surface area is 109 Å². The molecule has 0 aliphatic carbocycles. The fraction of sp³-hybridized carbons (Fsp3) is 0.538. The standard InChI is InChI=1S/C13H21NO3S/c1-10-6-5-7-12(11(10)2)14-18(16,17)9-13(3,4)8-15/h5-7,14-15H,8-9H2,1-4H3. The molecule has 0 fully saturated rings. The van der Waals surface area contributed by atoms with E-state index in [0.717, 1.165) is 11.1 Å². The van der Waals surface area contributed by atoms with E-state index < -0.39 is 15.4 Å². The third-order valence-electron chi connectivity index (χ3n) is 2.88. The van der Waals surface area contributed by atoms with Crippen molar-refractivity contribution in [3.05, 3.63) is 29.3 Å². The Bertz CT molecular complexity index is 521. The molecule has 0 amide bonds. The van der Waals surface area contributed by atoms with Gasteiger partial charge in [-0.3, -0.25) is 4.72 Å². The summed E-state index contributed by atoms with van der Waals surface area (Å²) >= 11 is 0. The second kappa shape index (κ2) is 5.28. The van der Waals surface area contributed by atoms with E-state index in [9.17, 15) is 8.42 Å². The van der Waals surface area contributed by atoms with E-state index in [1.807, 2.05) is 26.0 Å². The van der Waals surface area contributed by atoms with Crippen molar-refractivity contribution < 1.29 is 13.5 Å². The lowest BCUT2D eigenvalue weighted by Crippen LogP contribution is -2.31. The van der Waals surface area contributed by atoms with Crippen molar-refractivity contribution in [2.24, 2.45) is 5.41 Å². The first-order valence-corrected chi connectivity index (χ1v) is 7.50. The van der Waals surface area contributed by atoms with E-state index in [1.54, 1.807) is 19.9 Å². The third kappa shape index (κ3) is 3.99. The average Bonchev–Trinajstić information content (AvgIpc) is 2.23. The molecule has 0 atom stereocenters. The Morgan fingerprint density at radius 1 is 1.28 bits per heavy atom. The Morgan fingerprint density at radius 2 is 1.89 bits per heavy atom. The zero-order chi connectivity index (χ0) is 14.0. The number of aryl methyl sites for hydroxylation is 1. The average molecular weight is 271 g/mol. The topological polar surface area (TPSA) is 66.4 Å². The fourth-order valence-electron chi connectivity index (χ4n) is 1.63. The van der Waals surface area contributed by atoms with Crippen LogP contribution >= 0.6 is 0 Å². The number of aliphatic hydroxyl groups excluding tert-OH is 1. The van der Waals surface area contributed by atoms with Gasteiger partial charge in [-0.15, -0.1) is 0 Å². The molecule has 18 heavy (non-hydrogen) atoms. The molecule has 0 spiro atoms. The van der Waals surface area contributed by atoms with E-state index in [0.29, 0.717) is 5.69 Å². The highest BCUT2D eigenvalue weighted by atomic mass is 32.2. The van der Waals surface area contributed by atoms with Gasteiger partial charge in [0.05, 0.1) is 11.4 Å². The summed E-state index contributed by atoms with van der Waals surface area (Å²) in [4.78, 5) is 0. The van der Waals surface area contributed by atoms with Gasteiger partial charge in [0.2, 0.25) is 10.0 Å². The molecule has 0 unspecified atom stereocenters. The molecule has 1 aromatic carbocycles. The van der Waals surface area contributed by atoms with E-state index in [4.69, 9.17) is 5.11 Å². The Hall–Kier alpha value is -1.07. The maximum Gasteiger partial charge on any atom is 0.233 e. The van der Waals surface area contributed by atoms with E-state index in [-0.39, 0.29) is 12.4 Å². The second-order valence-corrected chi connectivity index (χ2v) is 7.15. The molecule has 0 saturated carbocycles. The van der Waals surface area contributed by atoms with Gasteiger partial charge in [-0.1, -0.05) is 26.0 Å². The lowest BCUT2D eigenvalue weighted by molar-refractivity contribution is 0.179. The van der Waals surface area contributed by atoms with Crippen molar-refractivity contribution >= 4 is 15.7 Å². The lowest BCUT2D eigenvalue weighted by atomic mass is 9.98. The van der Waals surface area contributed by atoms with Crippen molar-refractivity contribution in [1.82, 2.24) is 0 Å². The number of hydrogen-bond acceptors (Lipinski definition) is 3. The predicted octanol–water partition coefficient (Wildman–Crippen LogP) is 2.06. The van der Waals surface area contributed by atoms with Gasteiger partial charge in [0.1, 0.15) is 0 Å². The first kappa shape index (κ1) is 15.0. The van der Waals surface area contributed by atoms with Gasteiger partial charge in [0.25, 0.3) is 0 Å². The molecule has 1 rings (SSSR count). The first-order valence-electron chi connectivity index (χ1n) is 5.84. The quantitative estimate of drug-likeness (QED) is 0.861. The normalized spacial score (nSPS) is 12.5. The van der Waals surface area contributed by atoms with Gasteiger partial charge < -0.3 is 5.11 Å². The molecule has 102 valence electrons. The number of aliphatic hydroxyl groups is 1. The van der Waals surface area contributed by atoms with Crippen LogP contribution in [0.2, 0.25) is 0 Å². The molecular weight excluding hydrogens is 250 g/mol. The van der Waals surface area contributed by atoms with Gasteiger partial charge in [-0.25, -0.2) is 8.42 Å². The summed E-state index contributed by atoms with van der Waals surface area (Å²) in [5.74, 6) is -0.107. The van der Waals surface area contributed by atoms with Crippen LogP contribution in [0.3, 0.4) is 0 Å². The van der Waals surface area contributed by atoms with Crippen LogP contribution in [-0.4, -0.2) is 25.9 Å². The summed E-state index contributed by atoms with van der Waals surface area (Å²) in [7, 11) is -3.45. The maximum absolute atomic E-state index is 12.0. The fourth-order valence-corrected chi connectivity index (χ4v) is 3.37. The Kier molecular flexibility index (Phi) is 4.40. The zero-order valence-electron chi connectivity index (χ0n) is 11.3. The molecule has 0 aromatic heterocycles. The summed E-state index contributed by atoms with van der Waals surface area (Å²) < 4.78 is 26.6. The number of sulfonamides is 1. The molecule has 0 bridgehead atoms. The van der Waals surface area contributed by atoms with Crippen molar-refractivity contribution in [3.63, 3.8) is 0 Å². The molecular formula is C13H21NO3S. The molecule has 0 saturated heterocycles. The maximum atomic E-state index is 12.0. The number of nitrogens with one attached hydrogen (secondary N) is 1. The minimum absolute atomic E-state index is 0.107. The molecule has 0 radical (unpaired) electrons. The van der Waals surface area contributed by atoms with Crippen LogP contribution in [0, 0.1) is 19.3 Å². The van der Waals surface area contributed by atoms with Crippen LogP contribution in [0.5, 0.6) is 0 Å². The first-order chi connectivity index (χ1) is 8.17. The van der Waals surface area contributed by atoms with Crippen LogP contribution in [0.25, 0.3) is 0 Å². The highest BCUT2D eigenvalue weighted by molar-refractivity contribution is 7.92. The number of benzene rings is 1. The van der Waals surface area contributed by atoms with Crippen LogP contribution in [-0.2, 0) is 10.0 Å². The molecule has 4 nitrogen and oxygen atoms in total.